The minimum Gasteiger partial charge on any atom is -0.478 e. The summed E-state index contributed by atoms with van der Waals surface area (Å²) in [6.45, 7) is 0. The molecule has 18 heavy (non-hydrogen) atoms. The van der Waals surface area contributed by atoms with Crippen LogP contribution in [0.2, 0.25) is 5.15 Å². The summed E-state index contributed by atoms with van der Waals surface area (Å²) in [5, 5.41) is 9.26. The summed E-state index contributed by atoms with van der Waals surface area (Å²) in [7, 11) is 0. The van der Waals surface area contributed by atoms with Gasteiger partial charge in [-0.1, -0.05) is 17.7 Å². The molecule has 1 heterocycles. The Morgan fingerprint density at radius 3 is 2.56 bits per heavy atom. The summed E-state index contributed by atoms with van der Waals surface area (Å²) in [5.74, 6) is -0.212. The first-order chi connectivity index (χ1) is 8.65. The first-order valence-corrected chi connectivity index (χ1v) is 6.59. The molecule has 0 amide bonds. The van der Waals surface area contributed by atoms with Crippen LogP contribution in [0.15, 0.2) is 47.4 Å². The molecule has 0 unspecified atom stereocenters. The normalized spacial score (nSPS) is 10.3. The Hall–Kier alpha value is -1.52. The van der Waals surface area contributed by atoms with E-state index in [1.165, 1.54) is 0 Å². The first-order valence-electron chi connectivity index (χ1n) is 5.23. The second kappa shape index (κ2) is 5.89. The zero-order valence-electron chi connectivity index (χ0n) is 9.34. The van der Waals surface area contributed by atoms with Gasteiger partial charge >= 0.3 is 5.97 Å². The molecule has 0 aliphatic carbocycles. The summed E-state index contributed by atoms with van der Waals surface area (Å²) < 4.78 is 0. The van der Waals surface area contributed by atoms with Crippen molar-refractivity contribution in [1.29, 1.82) is 0 Å². The number of carbonyl (C=O) groups is 1. The van der Waals surface area contributed by atoms with Gasteiger partial charge in [0, 0.05) is 10.6 Å². The van der Waals surface area contributed by atoms with Crippen molar-refractivity contribution in [3.63, 3.8) is 0 Å². The number of rotatable bonds is 4. The number of benzene rings is 1. The van der Waals surface area contributed by atoms with E-state index in [4.69, 9.17) is 16.7 Å². The van der Waals surface area contributed by atoms with Crippen molar-refractivity contribution in [3.05, 3.63) is 58.9 Å². The van der Waals surface area contributed by atoms with Crippen LogP contribution in [0, 0.1) is 0 Å². The average molecular weight is 280 g/mol. The SMILES string of the molecule is O=C(O)c1ccc(SCc2cccc(Cl)n2)cc1. The number of aromatic nitrogens is 1. The van der Waals surface area contributed by atoms with Crippen LogP contribution in [0.1, 0.15) is 16.1 Å². The quantitative estimate of drug-likeness (QED) is 0.684. The Bertz CT molecular complexity index is 557. The van der Waals surface area contributed by atoms with Gasteiger partial charge in [-0.2, -0.15) is 0 Å². The van der Waals surface area contributed by atoms with E-state index in [2.05, 4.69) is 4.98 Å². The van der Waals surface area contributed by atoms with Crippen LogP contribution in [0.4, 0.5) is 0 Å². The fourth-order valence-corrected chi connectivity index (χ4v) is 2.37. The van der Waals surface area contributed by atoms with Gasteiger partial charge in [-0.05, 0) is 36.4 Å². The van der Waals surface area contributed by atoms with Crippen LogP contribution in [0.3, 0.4) is 0 Å². The van der Waals surface area contributed by atoms with Crippen LogP contribution < -0.4 is 0 Å². The molecule has 0 saturated heterocycles. The summed E-state index contributed by atoms with van der Waals surface area (Å²) in [6, 6.07) is 12.3. The molecule has 1 aromatic carbocycles. The molecule has 2 aromatic rings. The zero-order valence-corrected chi connectivity index (χ0v) is 10.9. The molecule has 1 aromatic heterocycles. The number of pyridine rings is 1. The predicted octanol–water partition coefficient (Wildman–Crippen LogP) is 3.73. The summed E-state index contributed by atoms with van der Waals surface area (Å²) in [5.41, 5.74) is 1.19. The van der Waals surface area contributed by atoms with E-state index in [0.717, 1.165) is 10.6 Å². The molecule has 0 fully saturated rings. The molecule has 0 aliphatic heterocycles. The summed E-state index contributed by atoms with van der Waals surface area (Å²) in [6.07, 6.45) is 0. The number of thioether (sulfide) groups is 1. The van der Waals surface area contributed by atoms with Gasteiger partial charge in [0.2, 0.25) is 0 Å². The van der Waals surface area contributed by atoms with E-state index in [9.17, 15) is 4.79 Å². The minimum atomic E-state index is -0.914. The van der Waals surface area contributed by atoms with Gasteiger partial charge < -0.3 is 5.11 Å². The van der Waals surface area contributed by atoms with Crippen LogP contribution in [0.5, 0.6) is 0 Å². The lowest BCUT2D eigenvalue weighted by Crippen LogP contribution is -1.94. The number of halogens is 1. The van der Waals surface area contributed by atoms with E-state index >= 15 is 0 Å². The highest BCUT2D eigenvalue weighted by Gasteiger charge is 2.03. The maximum Gasteiger partial charge on any atom is 0.335 e. The maximum atomic E-state index is 10.7. The maximum absolute atomic E-state index is 10.7. The molecule has 5 heteroatoms. The molecule has 2 rings (SSSR count). The molecule has 0 saturated carbocycles. The van der Waals surface area contributed by atoms with Crippen molar-refractivity contribution in [2.75, 3.05) is 0 Å². The highest BCUT2D eigenvalue weighted by atomic mass is 35.5. The zero-order chi connectivity index (χ0) is 13.0. The highest BCUT2D eigenvalue weighted by Crippen LogP contribution is 2.22. The molecule has 3 nitrogen and oxygen atoms in total. The van der Waals surface area contributed by atoms with Gasteiger partial charge in [0.1, 0.15) is 5.15 Å². The van der Waals surface area contributed by atoms with E-state index in [1.54, 1.807) is 42.1 Å². The van der Waals surface area contributed by atoms with E-state index < -0.39 is 5.97 Å². The monoisotopic (exact) mass is 279 g/mol. The Kier molecular flexibility index (Phi) is 4.23. The summed E-state index contributed by atoms with van der Waals surface area (Å²) >= 11 is 7.39. The van der Waals surface area contributed by atoms with Crippen LogP contribution in [-0.2, 0) is 5.75 Å². The van der Waals surface area contributed by atoms with Gasteiger partial charge in [-0.3, -0.25) is 0 Å². The number of nitrogens with zero attached hydrogens (tertiary/aromatic N) is 1. The number of carboxylic acids is 1. The molecular formula is C13H10ClNO2S. The molecular weight excluding hydrogens is 270 g/mol. The molecule has 0 atom stereocenters. The third-order valence-corrected chi connectivity index (χ3v) is 3.52. The van der Waals surface area contributed by atoms with Crippen molar-refractivity contribution in [1.82, 2.24) is 4.98 Å². The third-order valence-electron chi connectivity index (χ3n) is 2.26. The van der Waals surface area contributed by atoms with Crippen molar-refractivity contribution in [2.45, 2.75) is 10.6 Å². The van der Waals surface area contributed by atoms with Gasteiger partial charge in [0.15, 0.2) is 0 Å². The standard InChI is InChI=1S/C13H10ClNO2S/c14-12-3-1-2-10(15-12)8-18-11-6-4-9(5-7-11)13(16)17/h1-7H,8H2,(H,16,17). The van der Waals surface area contributed by atoms with Crippen molar-refractivity contribution < 1.29 is 9.90 Å². The Balaban J connectivity index is 2.00. The van der Waals surface area contributed by atoms with Crippen LogP contribution >= 0.6 is 23.4 Å². The smallest absolute Gasteiger partial charge is 0.335 e. The number of aromatic carboxylic acids is 1. The summed E-state index contributed by atoms with van der Waals surface area (Å²) in [4.78, 5) is 15.9. The van der Waals surface area contributed by atoms with Crippen LogP contribution in [0.25, 0.3) is 0 Å². The van der Waals surface area contributed by atoms with Crippen molar-refractivity contribution >= 4 is 29.3 Å². The molecule has 0 spiro atoms. The van der Waals surface area contributed by atoms with Gasteiger partial charge in [-0.25, -0.2) is 9.78 Å². The first kappa shape index (κ1) is 12.9. The van der Waals surface area contributed by atoms with Gasteiger partial charge in [-0.15, -0.1) is 11.8 Å². The molecule has 0 aliphatic rings. The predicted molar refractivity (Wildman–Crippen MR) is 72.2 cm³/mol. The molecule has 0 bridgehead atoms. The lowest BCUT2D eigenvalue weighted by atomic mass is 10.2. The van der Waals surface area contributed by atoms with Crippen molar-refractivity contribution in [3.8, 4) is 0 Å². The fourth-order valence-electron chi connectivity index (χ4n) is 1.38. The highest BCUT2D eigenvalue weighted by molar-refractivity contribution is 7.98. The van der Waals surface area contributed by atoms with E-state index in [0.29, 0.717) is 16.5 Å². The Morgan fingerprint density at radius 1 is 1.22 bits per heavy atom. The van der Waals surface area contributed by atoms with E-state index in [1.807, 2.05) is 12.1 Å². The topological polar surface area (TPSA) is 50.2 Å². The number of hydrogen-bond acceptors (Lipinski definition) is 3. The van der Waals surface area contributed by atoms with Gasteiger partial charge in [0.05, 0.1) is 11.3 Å². The van der Waals surface area contributed by atoms with E-state index in [-0.39, 0.29) is 0 Å². The number of hydrogen-bond donors (Lipinski definition) is 1. The Labute approximate surface area is 114 Å². The van der Waals surface area contributed by atoms with Crippen molar-refractivity contribution in [2.24, 2.45) is 0 Å². The second-order valence-corrected chi connectivity index (χ2v) is 5.01. The lowest BCUT2D eigenvalue weighted by Gasteiger charge is -2.02. The second-order valence-electron chi connectivity index (χ2n) is 3.57. The molecule has 92 valence electrons. The molecule has 0 radical (unpaired) electrons. The largest absolute Gasteiger partial charge is 0.478 e. The van der Waals surface area contributed by atoms with Crippen LogP contribution in [-0.4, -0.2) is 16.1 Å². The lowest BCUT2D eigenvalue weighted by molar-refractivity contribution is 0.0697. The van der Waals surface area contributed by atoms with Gasteiger partial charge in [0.25, 0.3) is 0 Å². The fraction of sp³-hybridized carbons (Fsp3) is 0.0769. The molecule has 1 N–H and O–H groups in total. The third kappa shape index (κ3) is 3.48. The minimum absolute atomic E-state index is 0.292. The Morgan fingerprint density at radius 2 is 1.94 bits per heavy atom. The average Bonchev–Trinajstić information content (AvgIpc) is 2.37. The number of carboxylic acid groups (broad SMARTS) is 1.